The van der Waals surface area contributed by atoms with E-state index in [0.717, 1.165) is 51.6 Å². The van der Waals surface area contributed by atoms with Crippen molar-refractivity contribution in [2.75, 3.05) is 19.6 Å². The number of piperidine rings is 1. The van der Waals surface area contributed by atoms with E-state index in [-0.39, 0.29) is 24.3 Å². The summed E-state index contributed by atoms with van der Waals surface area (Å²) in [5, 5.41) is 2.79. The van der Waals surface area contributed by atoms with E-state index in [9.17, 15) is 9.59 Å². The fourth-order valence-corrected chi connectivity index (χ4v) is 3.33. The van der Waals surface area contributed by atoms with Crippen molar-refractivity contribution in [3.05, 3.63) is 0 Å². The topological polar surface area (TPSA) is 75.4 Å². The molecule has 0 aromatic heterocycles. The Labute approximate surface area is 121 Å². The van der Waals surface area contributed by atoms with Crippen molar-refractivity contribution in [1.29, 1.82) is 0 Å². The Bertz CT molecular complexity index is 362. The van der Waals surface area contributed by atoms with Crippen LogP contribution in [0.1, 0.15) is 51.9 Å². The third-order valence-corrected chi connectivity index (χ3v) is 4.69. The average molecular weight is 281 g/mol. The zero-order valence-electron chi connectivity index (χ0n) is 12.5. The summed E-state index contributed by atoms with van der Waals surface area (Å²) in [6.45, 7) is 3.72. The normalized spacial score (nSPS) is 30.9. The van der Waals surface area contributed by atoms with Crippen molar-refractivity contribution >= 4 is 11.8 Å². The van der Waals surface area contributed by atoms with Crippen molar-refractivity contribution in [2.24, 2.45) is 11.7 Å². The third kappa shape index (κ3) is 3.72. The predicted octanol–water partition coefficient (Wildman–Crippen LogP) is 1.02. The Balaban J connectivity index is 1.80. The van der Waals surface area contributed by atoms with Gasteiger partial charge in [-0.05, 0) is 39.0 Å². The van der Waals surface area contributed by atoms with Crippen LogP contribution in [-0.2, 0) is 9.59 Å². The summed E-state index contributed by atoms with van der Waals surface area (Å²) in [5.74, 6) is -0.182. The minimum absolute atomic E-state index is 0.0348. The zero-order valence-corrected chi connectivity index (χ0v) is 12.5. The van der Waals surface area contributed by atoms with Gasteiger partial charge in [0.2, 0.25) is 11.8 Å². The summed E-state index contributed by atoms with van der Waals surface area (Å²) in [7, 11) is 0. The van der Waals surface area contributed by atoms with Crippen LogP contribution in [-0.4, -0.2) is 41.9 Å². The molecular weight excluding hydrogens is 254 g/mol. The highest BCUT2D eigenvalue weighted by atomic mass is 16.2. The van der Waals surface area contributed by atoms with E-state index < -0.39 is 5.54 Å². The predicted molar refractivity (Wildman–Crippen MR) is 78.0 cm³/mol. The van der Waals surface area contributed by atoms with Gasteiger partial charge in [0.25, 0.3) is 0 Å². The van der Waals surface area contributed by atoms with Crippen molar-refractivity contribution in [3.8, 4) is 0 Å². The van der Waals surface area contributed by atoms with Crippen molar-refractivity contribution in [2.45, 2.75) is 57.4 Å². The number of nitrogens with one attached hydrogen (secondary N) is 1. The van der Waals surface area contributed by atoms with E-state index in [1.807, 2.05) is 11.8 Å². The second-order valence-corrected chi connectivity index (χ2v) is 6.46. The largest absolute Gasteiger partial charge is 0.347 e. The molecule has 0 spiro atoms. The lowest BCUT2D eigenvalue weighted by Crippen LogP contribution is -2.54. The van der Waals surface area contributed by atoms with E-state index in [1.165, 1.54) is 6.42 Å². The number of likely N-dealkylation sites (tertiary alicyclic amines) is 1. The number of nitrogens with two attached hydrogens (primary N) is 1. The Kier molecular flexibility index (Phi) is 5.02. The van der Waals surface area contributed by atoms with Crippen molar-refractivity contribution in [3.63, 3.8) is 0 Å². The molecular formula is C15H27N3O2. The van der Waals surface area contributed by atoms with Crippen LogP contribution >= 0.6 is 0 Å². The summed E-state index contributed by atoms with van der Waals surface area (Å²) in [6.07, 6.45) is 7.19. The first-order chi connectivity index (χ1) is 9.50. The Morgan fingerprint density at radius 3 is 2.55 bits per heavy atom. The van der Waals surface area contributed by atoms with Crippen LogP contribution in [0.4, 0.5) is 0 Å². The SMILES string of the molecule is CC1(N)CCCCC1C(=O)NCC(=O)N1CCCCC1. The molecule has 1 saturated heterocycles. The molecule has 3 N–H and O–H groups in total. The molecule has 2 amide bonds. The molecule has 1 aliphatic carbocycles. The Morgan fingerprint density at radius 1 is 1.20 bits per heavy atom. The molecule has 5 heteroatoms. The summed E-state index contributed by atoms with van der Waals surface area (Å²) in [6, 6.07) is 0. The lowest BCUT2D eigenvalue weighted by atomic mass is 9.74. The van der Waals surface area contributed by atoms with Crippen LogP contribution in [0.5, 0.6) is 0 Å². The third-order valence-electron chi connectivity index (χ3n) is 4.69. The minimum atomic E-state index is -0.434. The fourth-order valence-electron chi connectivity index (χ4n) is 3.33. The molecule has 20 heavy (non-hydrogen) atoms. The van der Waals surface area contributed by atoms with Gasteiger partial charge in [-0.2, -0.15) is 0 Å². The zero-order chi connectivity index (χ0) is 14.6. The molecule has 2 atom stereocenters. The minimum Gasteiger partial charge on any atom is -0.347 e. The van der Waals surface area contributed by atoms with Crippen LogP contribution in [0.15, 0.2) is 0 Å². The maximum Gasteiger partial charge on any atom is 0.241 e. The highest BCUT2D eigenvalue weighted by Crippen LogP contribution is 2.31. The second-order valence-electron chi connectivity index (χ2n) is 6.46. The second kappa shape index (κ2) is 6.57. The molecule has 0 aromatic carbocycles. The number of carbonyl (C=O) groups is 2. The van der Waals surface area contributed by atoms with Gasteiger partial charge in [0.1, 0.15) is 0 Å². The molecule has 0 aromatic rings. The van der Waals surface area contributed by atoms with Crippen LogP contribution in [0.3, 0.4) is 0 Å². The van der Waals surface area contributed by atoms with Crippen LogP contribution in [0, 0.1) is 5.92 Å². The lowest BCUT2D eigenvalue weighted by molar-refractivity contribution is -0.135. The molecule has 0 bridgehead atoms. The molecule has 5 nitrogen and oxygen atoms in total. The average Bonchev–Trinajstić information content (AvgIpc) is 2.45. The first-order valence-corrected chi connectivity index (χ1v) is 7.85. The lowest BCUT2D eigenvalue weighted by Gasteiger charge is -2.37. The molecule has 1 aliphatic heterocycles. The number of amides is 2. The van der Waals surface area contributed by atoms with Crippen LogP contribution in [0.2, 0.25) is 0 Å². The van der Waals surface area contributed by atoms with Gasteiger partial charge in [0.05, 0.1) is 12.5 Å². The number of nitrogens with zero attached hydrogens (tertiary/aromatic N) is 1. The maximum atomic E-state index is 12.2. The van der Waals surface area contributed by atoms with Gasteiger partial charge in [-0.1, -0.05) is 12.8 Å². The highest BCUT2D eigenvalue weighted by molar-refractivity contribution is 5.86. The van der Waals surface area contributed by atoms with Crippen LogP contribution < -0.4 is 11.1 Å². The maximum absolute atomic E-state index is 12.2. The van der Waals surface area contributed by atoms with Gasteiger partial charge >= 0.3 is 0 Å². The van der Waals surface area contributed by atoms with Gasteiger partial charge < -0.3 is 16.0 Å². The van der Waals surface area contributed by atoms with Gasteiger partial charge in [-0.15, -0.1) is 0 Å². The molecule has 2 unspecified atom stereocenters. The van der Waals surface area contributed by atoms with E-state index in [0.29, 0.717) is 0 Å². The van der Waals surface area contributed by atoms with Crippen molar-refractivity contribution < 1.29 is 9.59 Å². The Morgan fingerprint density at radius 2 is 1.90 bits per heavy atom. The number of rotatable bonds is 3. The summed E-state index contributed by atoms with van der Waals surface area (Å²) in [4.78, 5) is 26.1. The number of carbonyl (C=O) groups excluding carboxylic acids is 2. The van der Waals surface area contributed by atoms with E-state index in [1.54, 1.807) is 0 Å². The fraction of sp³-hybridized carbons (Fsp3) is 0.867. The number of hydrogen-bond donors (Lipinski definition) is 2. The molecule has 2 aliphatic rings. The standard InChI is InChI=1S/C15H27N3O2/c1-15(16)8-4-3-7-12(15)14(20)17-11-13(19)18-9-5-2-6-10-18/h12H,2-11,16H2,1H3,(H,17,20). The number of hydrogen-bond acceptors (Lipinski definition) is 3. The molecule has 0 radical (unpaired) electrons. The molecule has 2 fully saturated rings. The van der Waals surface area contributed by atoms with E-state index >= 15 is 0 Å². The molecule has 1 heterocycles. The highest BCUT2D eigenvalue weighted by Gasteiger charge is 2.37. The molecule has 114 valence electrons. The molecule has 1 saturated carbocycles. The first-order valence-electron chi connectivity index (χ1n) is 7.85. The smallest absolute Gasteiger partial charge is 0.241 e. The first kappa shape index (κ1) is 15.3. The summed E-state index contributed by atoms with van der Waals surface area (Å²) >= 11 is 0. The van der Waals surface area contributed by atoms with Gasteiger partial charge in [-0.25, -0.2) is 0 Å². The Hall–Kier alpha value is -1.10. The molecule has 2 rings (SSSR count). The monoisotopic (exact) mass is 281 g/mol. The van der Waals surface area contributed by atoms with Crippen LogP contribution in [0.25, 0.3) is 0 Å². The van der Waals surface area contributed by atoms with Gasteiger partial charge in [-0.3, -0.25) is 9.59 Å². The van der Waals surface area contributed by atoms with Gasteiger partial charge in [0.15, 0.2) is 0 Å². The summed E-state index contributed by atoms with van der Waals surface area (Å²) < 4.78 is 0. The van der Waals surface area contributed by atoms with E-state index in [2.05, 4.69) is 5.32 Å². The quantitative estimate of drug-likeness (QED) is 0.811. The summed E-state index contributed by atoms with van der Waals surface area (Å²) in [5.41, 5.74) is 5.78. The van der Waals surface area contributed by atoms with Gasteiger partial charge in [0, 0.05) is 18.6 Å². The van der Waals surface area contributed by atoms with Crippen molar-refractivity contribution in [1.82, 2.24) is 10.2 Å². The van der Waals surface area contributed by atoms with E-state index in [4.69, 9.17) is 5.73 Å².